The zero-order chi connectivity index (χ0) is 19.9. The lowest BCUT2D eigenvalue weighted by Crippen LogP contribution is -2.14. The van der Waals surface area contributed by atoms with Crippen LogP contribution in [0.2, 0.25) is 0 Å². The molecule has 0 radical (unpaired) electrons. The number of hydrogen-bond donors (Lipinski definition) is 1. The van der Waals surface area contributed by atoms with Gasteiger partial charge >= 0.3 is 0 Å². The van der Waals surface area contributed by atoms with Crippen molar-refractivity contribution < 1.29 is 14.3 Å². The first-order valence-corrected chi connectivity index (χ1v) is 9.36. The molecule has 1 N–H and O–H groups in total. The summed E-state index contributed by atoms with van der Waals surface area (Å²) in [6.45, 7) is 4.72. The fourth-order valence-electron chi connectivity index (χ4n) is 2.77. The van der Waals surface area contributed by atoms with Crippen molar-refractivity contribution in [1.82, 2.24) is 9.78 Å². The average Bonchev–Trinajstić information content (AvgIpc) is 3.20. The van der Waals surface area contributed by atoms with Crippen molar-refractivity contribution in [3.63, 3.8) is 0 Å². The topological polar surface area (TPSA) is 65.4 Å². The number of aromatic nitrogens is 2. The van der Waals surface area contributed by atoms with Crippen LogP contribution in [0.1, 0.15) is 35.8 Å². The van der Waals surface area contributed by atoms with Gasteiger partial charge in [0.15, 0.2) is 5.69 Å². The summed E-state index contributed by atoms with van der Waals surface area (Å²) >= 11 is 0. The lowest BCUT2D eigenvalue weighted by molar-refractivity contribution is 0.102. The third kappa shape index (κ3) is 4.52. The Morgan fingerprint density at radius 1 is 1.14 bits per heavy atom. The number of benzene rings is 2. The molecule has 0 aliphatic carbocycles. The fraction of sp³-hybridized carbons (Fsp3) is 0.273. The normalized spacial score (nSPS) is 10.5. The number of methoxy groups -OCH3 is 1. The SMILES string of the molecule is CCCCOc1ccccc1NC(=O)c1ccn(-c2cc(C)ccc2OC)n1. The van der Waals surface area contributed by atoms with Crippen LogP contribution in [0.4, 0.5) is 5.69 Å². The monoisotopic (exact) mass is 379 g/mol. The maximum Gasteiger partial charge on any atom is 0.276 e. The van der Waals surface area contributed by atoms with Crippen LogP contribution in [0.15, 0.2) is 54.7 Å². The Morgan fingerprint density at radius 2 is 1.96 bits per heavy atom. The molecule has 1 heterocycles. The van der Waals surface area contributed by atoms with Gasteiger partial charge in [-0.15, -0.1) is 0 Å². The molecule has 3 aromatic rings. The maximum atomic E-state index is 12.7. The second-order valence-corrected chi connectivity index (χ2v) is 6.47. The number of anilines is 1. The van der Waals surface area contributed by atoms with Crippen molar-refractivity contribution in [2.24, 2.45) is 0 Å². The smallest absolute Gasteiger partial charge is 0.276 e. The van der Waals surface area contributed by atoms with Crippen LogP contribution < -0.4 is 14.8 Å². The van der Waals surface area contributed by atoms with Gasteiger partial charge in [0.05, 0.1) is 19.4 Å². The van der Waals surface area contributed by atoms with E-state index in [1.54, 1.807) is 24.1 Å². The molecular weight excluding hydrogens is 354 g/mol. The third-order valence-electron chi connectivity index (χ3n) is 4.29. The molecule has 0 saturated heterocycles. The first kappa shape index (κ1) is 19.5. The Bertz CT molecular complexity index is 950. The summed E-state index contributed by atoms with van der Waals surface area (Å²) in [4.78, 5) is 12.7. The molecule has 1 aromatic heterocycles. The van der Waals surface area contributed by atoms with Crippen molar-refractivity contribution in [3.8, 4) is 17.2 Å². The minimum absolute atomic E-state index is 0.295. The van der Waals surface area contributed by atoms with Gasteiger partial charge in [0.2, 0.25) is 0 Å². The average molecular weight is 379 g/mol. The van der Waals surface area contributed by atoms with Crippen LogP contribution >= 0.6 is 0 Å². The standard InChI is InChI=1S/C22H25N3O3/c1-4-5-14-28-20-9-7-6-8-17(20)23-22(26)18-12-13-25(24-18)19-15-16(2)10-11-21(19)27-3/h6-13,15H,4-5,14H2,1-3H3,(H,23,26). The summed E-state index contributed by atoms with van der Waals surface area (Å²) in [7, 11) is 1.61. The zero-order valence-electron chi connectivity index (χ0n) is 16.4. The third-order valence-corrected chi connectivity index (χ3v) is 4.29. The molecule has 0 unspecified atom stereocenters. The van der Waals surface area contributed by atoms with Crippen LogP contribution in [0, 0.1) is 6.92 Å². The highest BCUT2D eigenvalue weighted by molar-refractivity contribution is 6.03. The molecular formula is C22H25N3O3. The van der Waals surface area contributed by atoms with Crippen LogP contribution in [0.3, 0.4) is 0 Å². The molecule has 3 rings (SSSR count). The molecule has 0 bridgehead atoms. The molecule has 28 heavy (non-hydrogen) atoms. The number of amides is 1. The summed E-state index contributed by atoms with van der Waals surface area (Å²) in [5.74, 6) is 1.05. The predicted octanol–water partition coefficient (Wildman–Crippen LogP) is 4.62. The van der Waals surface area contributed by atoms with Crippen LogP contribution in [-0.4, -0.2) is 29.4 Å². The second-order valence-electron chi connectivity index (χ2n) is 6.47. The quantitative estimate of drug-likeness (QED) is 0.580. The van der Waals surface area contributed by atoms with Gasteiger partial charge in [-0.25, -0.2) is 4.68 Å². The summed E-state index contributed by atoms with van der Waals surface area (Å²) < 4.78 is 12.8. The molecule has 0 aliphatic rings. The Labute approximate surface area is 165 Å². The van der Waals surface area contributed by atoms with Crippen molar-refractivity contribution in [1.29, 1.82) is 0 Å². The first-order chi connectivity index (χ1) is 13.6. The minimum Gasteiger partial charge on any atom is -0.494 e. The van der Waals surface area contributed by atoms with Gasteiger partial charge in [-0.05, 0) is 49.2 Å². The zero-order valence-corrected chi connectivity index (χ0v) is 16.4. The highest BCUT2D eigenvalue weighted by Crippen LogP contribution is 2.26. The Balaban J connectivity index is 1.78. The number of nitrogens with zero attached hydrogens (tertiary/aromatic N) is 2. The number of para-hydroxylation sites is 2. The number of carbonyl (C=O) groups is 1. The molecule has 0 atom stereocenters. The maximum absolute atomic E-state index is 12.7. The van der Waals surface area contributed by atoms with Crippen molar-refractivity contribution in [2.75, 3.05) is 19.0 Å². The summed E-state index contributed by atoms with van der Waals surface area (Å²) in [5.41, 5.74) is 2.80. The summed E-state index contributed by atoms with van der Waals surface area (Å²) in [6.07, 6.45) is 3.76. The van der Waals surface area contributed by atoms with Crippen LogP contribution in [-0.2, 0) is 0 Å². The van der Waals surface area contributed by atoms with Gasteiger partial charge in [-0.2, -0.15) is 5.10 Å². The number of rotatable bonds is 8. The predicted molar refractivity (Wildman–Crippen MR) is 110 cm³/mol. The van der Waals surface area contributed by atoms with Crippen LogP contribution in [0.5, 0.6) is 11.5 Å². The highest BCUT2D eigenvalue weighted by atomic mass is 16.5. The molecule has 0 aliphatic heterocycles. The number of unbranched alkanes of at least 4 members (excludes halogenated alkanes) is 1. The molecule has 6 nitrogen and oxygen atoms in total. The Kier molecular flexibility index (Phi) is 6.32. The summed E-state index contributed by atoms with van der Waals surface area (Å²) in [5, 5.41) is 7.30. The van der Waals surface area contributed by atoms with E-state index in [1.807, 2.05) is 49.4 Å². The van der Waals surface area contributed by atoms with Gasteiger partial charge < -0.3 is 14.8 Å². The number of aryl methyl sites for hydroxylation is 1. The van der Waals surface area contributed by atoms with E-state index in [-0.39, 0.29) is 5.91 Å². The van der Waals surface area contributed by atoms with E-state index < -0.39 is 0 Å². The molecule has 146 valence electrons. The largest absolute Gasteiger partial charge is 0.494 e. The Hall–Kier alpha value is -3.28. The van der Waals surface area contributed by atoms with Gasteiger partial charge in [0.25, 0.3) is 5.91 Å². The molecule has 6 heteroatoms. The van der Waals surface area contributed by atoms with Gasteiger partial charge in [-0.1, -0.05) is 31.5 Å². The molecule has 0 fully saturated rings. The molecule has 0 saturated carbocycles. The van der Waals surface area contributed by atoms with E-state index in [0.717, 1.165) is 24.1 Å². The van der Waals surface area contributed by atoms with Gasteiger partial charge in [0, 0.05) is 6.20 Å². The van der Waals surface area contributed by atoms with Gasteiger partial charge in [-0.3, -0.25) is 4.79 Å². The van der Waals surface area contributed by atoms with E-state index in [4.69, 9.17) is 9.47 Å². The number of nitrogens with one attached hydrogen (secondary N) is 1. The lowest BCUT2D eigenvalue weighted by atomic mass is 10.2. The lowest BCUT2D eigenvalue weighted by Gasteiger charge is -2.11. The fourth-order valence-corrected chi connectivity index (χ4v) is 2.77. The van der Waals surface area contributed by atoms with E-state index >= 15 is 0 Å². The van der Waals surface area contributed by atoms with Gasteiger partial charge in [0.1, 0.15) is 17.2 Å². The van der Waals surface area contributed by atoms with Crippen molar-refractivity contribution in [2.45, 2.75) is 26.7 Å². The molecule has 1 amide bonds. The van der Waals surface area contributed by atoms with Crippen molar-refractivity contribution in [3.05, 3.63) is 66.0 Å². The van der Waals surface area contributed by atoms with E-state index in [9.17, 15) is 4.79 Å². The number of carbonyl (C=O) groups excluding carboxylic acids is 1. The van der Waals surface area contributed by atoms with E-state index in [0.29, 0.717) is 29.5 Å². The van der Waals surface area contributed by atoms with Crippen LogP contribution in [0.25, 0.3) is 5.69 Å². The highest BCUT2D eigenvalue weighted by Gasteiger charge is 2.14. The second kappa shape index (κ2) is 9.08. The number of hydrogen-bond acceptors (Lipinski definition) is 4. The summed E-state index contributed by atoms with van der Waals surface area (Å²) in [6, 6.07) is 14.9. The first-order valence-electron chi connectivity index (χ1n) is 9.36. The van der Waals surface area contributed by atoms with Crippen molar-refractivity contribution >= 4 is 11.6 Å². The molecule has 2 aromatic carbocycles. The van der Waals surface area contributed by atoms with E-state index in [1.165, 1.54) is 0 Å². The minimum atomic E-state index is -0.295. The Morgan fingerprint density at radius 3 is 2.75 bits per heavy atom. The molecule has 0 spiro atoms. The number of ether oxygens (including phenoxy) is 2. The van der Waals surface area contributed by atoms with E-state index in [2.05, 4.69) is 17.3 Å².